The fraction of sp³-hybridized carbons (Fsp3) is 0.300. The van der Waals surface area contributed by atoms with Gasteiger partial charge in [-0.3, -0.25) is 0 Å². The van der Waals surface area contributed by atoms with Crippen molar-refractivity contribution in [2.24, 2.45) is 0 Å². The van der Waals surface area contributed by atoms with Gasteiger partial charge in [0.2, 0.25) is 0 Å². The highest BCUT2D eigenvalue weighted by Crippen LogP contribution is 2.24. The van der Waals surface area contributed by atoms with Crippen LogP contribution in [0.15, 0.2) is 10.6 Å². The third-order valence-electron chi connectivity index (χ3n) is 2.18. The molecule has 2 heterocycles. The molecular formula is C10H11N3O3S. The van der Waals surface area contributed by atoms with Crippen molar-refractivity contribution in [2.45, 2.75) is 20.4 Å². The normalized spacial score (nSPS) is 10.5. The summed E-state index contributed by atoms with van der Waals surface area (Å²) in [6.07, 6.45) is 0. The predicted octanol–water partition coefficient (Wildman–Crippen LogP) is 2.06. The number of aromatic nitrogens is 2. The summed E-state index contributed by atoms with van der Waals surface area (Å²) in [5.74, 6) is -0.254. The number of aromatic carboxylic acids is 1. The van der Waals surface area contributed by atoms with Gasteiger partial charge in [0.05, 0.1) is 12.2 Å². The molecule has 0 saturated carbocycles. The molecule has 0 amide bonds. The summed E-state index contributed by atoms with van der Waals surface area (Å²) in [5, 5.41) is 16.4. The van der Waals surface area contributed by atoms with Crippen molar-refractivity contribution >= 4 is 22.5 Å². The first-order chi connectivity index (χ1) is 8.08. The van der Waals surface area contributed by atoms with Gasteiger partial charge in [-0.15, -0.1) is 0 Å². The maximum atomic E-state index is 11.0. The quantitative estimate of drug-likeness (QED) is 0.867. The number of carboxylic acid groups (broad SMARTS) is 1. The van der Waals surface area contributed by atoms with Crippen molar-refractivity contribution < 1.29 is 14.4 Å². The summed E-state index contributed by atoms with van der Waals surface area (Å²) >= 11 is 1.13. The molecular weight excluding hydrogens is 242 g/mol. The third-order valence-corrected chi connectivity index (χ3v) is 3.08. The lowest BCUT2D eigenvalue weighted by Crippen LogP contribution is -2.04. The molecule has 6 nitrogen and oxygen atoms in total. The first kappa shape index (κ1) is 11.6. The molecule has 0 fully saturated rings. The summed E-state index contributed by atoms with van der Waals surface area (Å²) < 4.78 is 8.93. The summed E-state index contributed by atoms with van der Waals surface area (Å²) in [5.41, 5.74) is 1.46. The van der Waals surface area contributed by atoms with E-state index in [9.17, 15) is 4.79 Å². The van der Waals surface area contributed by atoms with Crippen LogP contribution in [-0.4, -0.2) is 20.6 Å². The Hall–Kier alpha value is -1.89. The number of hydrogen-bond acceptors (Lipinski definition) is 6. The molecule has 0 radical (unpaired) electrons. The smallest absolute Gasteiger partial charge is 0.340 e. The molecule has 0 saturated heterocycles. The van der Waals surface area contributed by atoms with Gasteiger partial charge < -0.3 is 14.9 Å². The molecule has 0 aliphatic carbocycles. The third kappa shape index (κ3) is 2.44. The lowest BCUT2D eigenvalue weighted by atomic mass is 10.2. The van der Waals surface area contributed by atoms with Gasteiger partial charge in [-0.05, 0) is 25.4 Å². The van der Waals surface area contributed by atoms with E-state index in [1.807, 2.05) is 0 Å². The summed E-state index contributed by atoms with van der Waals surface area (Å²) in [7, 11) is 0. The Labute approximate surface area is 101 Å². The van der Waals surface area contributed by atoms with Crippen LogP contribution in [0.25, 0.3) is 0 Å². The molecule has 2 rings (SSSR count). The van der Waals surface area contributed by atoms with Gasteiger partial charge >= 0.3 is 5.97 Å². The van der Waals surface area contributed by atoms with Crippen LogP contribution in [0.4, 0.5) is 5.00 Å². The Morgan fingerprint density at radius 3 is 2.94 bits per heavy atom. The lowest BCUT2D eigenvalue weighted by Gasteiger charge is -2.01. The predicted molar refractivity (Wildman–Crippen MR) is 62.4 cm³/mol. The maximum Gasteiger partial charge on any atom is 0.340 e. The van der Waals surface area contributed by atoms with Crippen molar-refractivity contribution in [1.82, 2.24) is 9.53 Å². The van der Waals surface area contributed by atoms with Crippen LogP contribution in [0.3, 0.4) is 0 Å². The number of anilines is 1. The Morgan fingerprint density at radius 2 is 2.35 bits per heavy atom. The van der Waals surface area contributed by atoms with Crippen LogP contribution >= 0.6 is 11.5 Å². The molecule has 0 aliphatic heterocycles. The fourth-order valence-electron chi connectivity index (χ4n) is 1.41. The van der Waals surface area contributed by atoms with Crippen LogP contribution < -0.4 is 5.32 Å². The van der Waals surface area contributed by atoms with Gasteiger partial charge in [0.15, 0.2) is 0 Å². The fourth-order valence-corrected chi connectivity index (χ4v) is 2.20. The Bertz CT molecular complexity index is 547. The first-order valence-corrected chi connectivity index (χ1v) is 5.71. The number of rotatable bonds is 4. The van der Waals surface area contributed by atoms with Crippen LogP contribution in [-0.2, 0) is 6.54 Å². The molecule has 0 spiro atoms. The van der Waals surface area contributed by atoms with Crippen LogP contribution in [0.1, 0.15) is 27.5 Å². The Balaban J connectivity index is 2.11. The molecule has 2 N–H and O–H groups in total. The van der Waals surface area contributed by atoms with E-state index >= 15 is 0 Å². The zero-order valence-electron chi connectivity index (χ0n) is 9.35. The number of nitrogens with zero attached hydrogens (tertiary/aromatic N) is 2. The molecule has 0 aliphatic rings. The second-order valence-corrected chi connectivity index (χ2v) is 4.33. The van der Waals surface area contributed by atoms with Gasteiger partial charge in [0, 0.05) is 6.07 Å². The van der Waals surface area contributed by atoms with Gasteiger partial charge in [-0.1, -0.05) is 5.16 Å². The van der Waals surface area contributed by atoms with Gasteiger partial charge in [0.1, 0.15) is 22.0 Å². The minimum Gasteiger partial charge on any atom is -0.478 e. The zero-order valence-corrected chi connectivity index (χ0v) is 10.2. The average Bonchev–Trinajstić information content (AvgIpc) is 2.82. The molecule has 0 atom stereocenters. The second-order valence-electron chi connectivity index (χ2n) is 3.56. The first-order valence-electron chi connectivity index (χ1n) is 4.93. The number of nitrogens with one attached hydrogen (secondary N) is 1. The molecule has 0 aromatic carbocycles. The topological polar surface area (TPSA) is 88.2 Å². The molecule has 17 heavy (non-hydrogen) atoms. The summed E-state index contributed by atoms with van der Waals surface area (Å²) in [4.78, 5) is 11.0. The van der Waals surface area contributed by atoms with E-state index in [-0.39, 0.29) is 5.56 Å². The van der Waals surface area contributed by atoms with Crippen molar-refractivity contribution in [3.8, 4) is 0 Å². The molecule has 0 unspecified atom stereocenters. The van der Waals surface area contributed by atoms with E-state index in [0.717, 1.165) is 23.0 Å². The van der Waals surface area contributed by atoms with E-state index in [1.165, 1.54) is 0 Å². The van der Waals surface area contributed by atoms with Crippen molar-refractivity contribution in [1.29, 1.82) is 0 Å². The average molecular weight is 253 g/mol. The van der Waals surface area contributed by atoms with Crippen LogP contribution in [0.5, 0.6) is 0 Å². The molecule has 90 valence electrons. The van der Waals surface area contributed by atoms with Crippen molar-refractivity contribution in [3.05, 3.63) is 28.8 Å². The van der Waals surface area contributed by atoms with E-state index in [0.29, 0.717) is 17.2 Å². The highest BCUT2D eigenvalue weighted by molar-refractivity contribution is 7.10. The minimum absolute atomic E-state index is 0.218. The number of aryl methyl sites for hydroxylation is 2. The minimum atomic E-state index is -0.977. The number of carboxylic acids is 1. The van der Waals surface area contributed by atoms with Gasteiger partial charge in [-0.2, -0.15) is 4.37 Å². The van der Waals surface area contributed by atoms with Crippen molar-refractivity contribution in [2.75, 3.05) is 5.32 Å². The highest BCUT2D eigenvalue weighted by atomic mass is 32.1. The van der Waals surface area contributed by atoms with Gasteiger partial charge in [-0.25, -0.2) is 4.79 Å². The second kappa shape index (κ2) is 4.54. The Morgan fingerprint density at radius 1 is 1.59 bits per heavy atom. The van der Waals surface area contributed by atoms with E-state index < -0.39 is 5.97 Å². The van der Waals surface area contributed by atoms with E-state index in [4.69, 9.17) is 9.63 Å². The largest absolute Gasteiger partial charge is 0.478 e. The molecule has 2 aromatic heterocycles. The Kier molecular flexibility index (Phi) is 3.10. The summed E-state index contributed by atoms with van der Waals surface area (Å²) in [6, 6.07) is 1.79. The van der Waals surface area contributed by atoms with E-state index in [2.05, 4.69) is 14.8 Å². The SMILES string of the molecule is Cc1cc(CNc2snc(C)c2C(=O)O)no1. The van der Waals surface area contributed by atoms with Crippen molar-refractivity contribution in [3.63, 3.8) is 0 Å². The van der Waals surface area contributed by atoms with Crippen LogP contribution in [0.2, 0.25) is 0 Å². The van der Waals surface area contributed by atoms with E-state index in [1.54, 1.807) is 19.9 Å². The zero-order chi connectivity index (χ0) is 12.4. The lowest BCUT2D eigenvalue weighted by molar-refractivity contribution is 0.0697. The molecule has 2 aromatic rings. The standard InChI is InChI=1S/C10H11N3O3S/c1-5-3-7(12-16-5)4-11-9-8(10(14)15)6(2)13-17-9/h3,11H,4H2,1-2H3,(H,14,15). The molecule has 0 bridgehead atoms. The highest BCUT2D eigenvalue weighted by Gasteiger charge is 2.17. The monoisotopic (exact) mass is 253 g/mol. The maximum absolute atomic E-state index is 11.0. The van der Waals surface area contributed by atoms with Gasteiger partial charge in [0.25, 0.3) is 0 Å². The number of hydrogen-bond donors (Lipinski definition) is 2. The van der Waals surface area contributed by atoms with Crippen LogP contribution in [0, 0.1) is 13.8 Å². The number of carbonyl (C=O) groups is 1. The molecule has 7 heteroatoms. The summed E-state index contributed by atoms with van der Waals surface area (Å²) in [6.45, 7) is 3.89.